The summed E-state index contributed by atoms with van der Waals surface area (Å²) in [5.41, 5.74) is 1.33. The molecule has 0 spiro atoms. The van der Waals surface area contributed by atoms with Gasteiger partial charge in [0.2, 0.25) is 5.91 Å². The number of carbonyl (C=O) groups excluding carboxylic acids is 3. The minimum Gasteiger partial charge on any atom is -0.465 e. The molecule has 1 N–H and O–H groups in total. The lowest BCUT2D eigenvalue weighted by molar-refractivity contribution is -0.113. The minimum atomic E-state index is -0.642. The van der Waals surface area contributed by atoms with Crippen LogP contribution >= 0.6 is 11.8 Å². The van der Waals surface area contributed by atoms with E-state index in [9.17, 15) is 14.4 Å². The van der Waals surface area contributed by atoms with Crippen LogP contribution in [0.5, 0.6) is 0 Å². The molecule has 1 aromatic carbocycles. The molecule has 0 aliphatic heterocycles. The van der Waals surface area contributed by atoms with Crippen molar-refractivity contribution in [3.8, 4) is 11.4 Å². The van der Waals surface area contributed by atoms with Crippen LogP contribution in [0.15, 0.2) is 47.9 Å². The first-order valence-corrected chi connectivity index (χ1v) is 10.5. The average Bonchev–Trinajstić information content (AvgIpc) is 3.25. The normalized spacial score (nSPS) is 10.5. The van der Waals surface area contributed by atoms with Gasteiger partial charge in [-0.25, -0.2) is 9.59 Å². The number of aromatic nitrogens is 4. The molecule has 2 aromatic heterocycles. The van der Waals surface area contributed by atoms with Gasteiger partial charge in [-0.05, 0) is 37.3 Å². The van der Waals surface area contributed by atoms with Crippen LogP contribution in [-0.4, -0.2) is 57.6 Å². The summed E-state index contributed by atoms with van der Waals surface area (Å²) in [5, 5.41) is 11.7. The highest BCUT2D eigenvalue weighted by atomic mass is 32.2. The number of nitrogens with zero attached hydrogens (tertiary/aromatic N) is 4. The van der Waals surface area contributed by atoms with Crippen molar-refractivity contribution in [3.05, 3.63) is 53.9 Å². The van der Waals surface area contributed by atoms with E-state index in [1.165, 1.54) is 44.2 Å². The topological polar surface area (TPSA) is 125 Å². The van der Waals surface area contributed by atoms with Crippen LogP contribution in [0.1, 0.15) is 27.6 Å². The Morgan fingerprint density at radius 2 is 1.75 bits per heavy atom. The monoisotopic (exact) mass is 455 g/mol. The summed E-state index contributed by atoms with van der Waals surface area (Å²) in [6.07, 6.45) is 3.34. The molecule has 166 valence electrons. The van der Waals surface area contributed by atoms with Crippen molar-refractivity contribution in [1.29, 1.82) is 0 Å². The molecule has 11 heteroatoms. The molecular weight excluding hydrogens is 434 g/mol. The Kier molecular flexibility index (Phi) is 7.55. The zero-order chi connectivity index (χ0) is 23.1. The quantitative estimate of drug-likeness (QED) is 0.403. The number of carbonyl (C=O) groups is 3. The highest BCUT2D eigenvalue weighted by Crippen LogP contribution is 2.24. The standard InChI is InChI=1S/C21H21N5O5S/c1-4-26-18(13-7-9-22-10-8-13)24-25-21(26)32-12-17(27)23-16-11-14(19(28)30-2)5-6-15(16)20(29)31-3/h5-11H,4,12H2,1-3H3,(H,23,27). The average molecular weight is 455 g/mol. The summed E-state index contributed by atoms with van der Waals surface area (Å²) in [6, 6.07) is 7.86. The van der Waals surface area contributed by atoms with E-state index < -0.39 is 17.8 Å². The summed E-state index contributed by atoms with van der Waals surface area (Å²) in [6.45, 7) is 2.57. The number of methoxy groups -OCH3 is 2. The molecule has 0 aliphatic rings. The third-order valence-corrected chi connectivity index (χ3v) is 5.39. The van der Waals surface area contributed by atoms with Gasteiger partial charge in [0.05, 0.1) is 36.8 Å². The lowest BCUT2D eigenvalue weighted by Crippen LogP contribution is -2.18. The van der Waals surface area contributed by atoms with Crippen LogP contribution in [0.2, 0.25) is 0 Å². The van der Waals surface area contributed by atoms with Crippen molar-refractivity contribution in [2.45, 2.75) is 18.6 Å². The number of ether oxygens (including phenoxy) is 2. The Balaban J connectivity index is 1.76. The maximum atomic E-state index is 12.6. The maximum absolute atomic E-state index is 12.6. The number of amides is 1. The van der Waals surface area contributed by atoms with E-state index >= 15 is 0 Å². The van der Waals surface area contributed by atoms with Gasteiger partial charge in [-0.2, -0.15) is 0 Å². The summed E-state index contributed by atoms with van der Waals surface area (Å²) in [4.78, 5) is 40.5. The van der Waals surface area contributed by atoms with Crippen LogP contribution in [0.4, 0.5) is 5.69 Å². The van der Waals surface area contributed by atoms with Gasteiger partial charge in [0.25, 0.3) is 0 Å². The zero-order valence-electron chi connectivity index (χ0n) is 17.7. The van der Waals surface area contributed by atoms with Crippen LogP contribution in [-0.2, 0) is 20.8 Å². The van der Waals surface area contributed by atoms with Gasteiger partial charge < -0.3 is 19.4 Å². The van der Waals surface area contributed by atoms with Crippen LogP contribution in [0.3, 0.4) is 0 Å². The molecule has 0 saturated carbocycles. The zero-order valence-corrected chi connectivity index (χ0v) is 18.5. The van der Waals surface area contributed by atoms with Crippen LogP contribution < -0.4 is 5.32 Å². The van der Waals surface area contributed by atoms with E-state index in [0.29, 0.717) is 17.5 Å². The molecule has 10 nitrogen and oxygen atoms in total. The highest BCUT2D eigenvalue weighted by molar-refractivity contribution is 7.99. The fourth-order valence-corrected chi connectivity index (χ4v) is 3.69. The summed E-state index contributed by atoms with van der Waals surface area (Å²) in [5.74, 6) is -0.935. The molecule has 0 unspecified atom stereocenters. The number of hydrogen-bond acceptors (Lipinski definition) is 9. The molecule has 0 saturated heterocycles. The molecule has 32 heavy (non-hydrogen) atoms. The molecule has 3 aromatic rings. The fraction of sp³-hybridized carbons (Fsp3) is 0.238. The van der Waals surface area contributed by atoms with Crippen molar-refractivity contribution in [1.82, 2.24) is 19.7 Å². The Bertz CT molecular complexity index is 1130. The number of anilines is 1. The predicted octanol–water partition coefficient (Wildman–Crippen LogP) is 2.66. The summed E-state index contributed by atoms with van der Waals surface area (Å²) < 4.78 is 11.3. The van der Waals surface area contributed by atoms with Gasteiger partial charge in [0.1, 0.15) is 0 Å². The van der Waals surface area contributed by atoms with E-state index in [2.05, 4.69) is 20.5 Å². The van der Waals surface area contributed by atoms with Crippen molar-refractivity contribution < 1.29 is 23.9 Å². The Hall–Kier alpha value is -3.73. The number of nitrogens with one attached hydrogen (secondary N) is 1. The molecule has 3 rings (SSSR count). The Morgan fingerprint density at radius 1 is 1.03 bits per heavy atom. The first kappa shape index (κ1) is 22.9. The van der Waals surface area contributed by atoms with Crippen molar-refractivity contribution >= 4 is 35.3 Å². The first-order chi connectivity index (χ1) is 15.5. The number of rotatable bonds is 8. The van der Waals surface area contributed by atoms with E-state index in [4.69, 9.17) is 9.47 Å². The number of benzene rings is 1. The molecule has 0 radical (unpaired) electrons. The van der Waals surface area contributed by atoms with Gasteiger partial charge in [0, 0.05) is 24.5 Å². The van der Waals surface area contributed by atoms with Gasteiger partial charge >= 0.3 is 11.9 Å². The summed E-state index contributed by atoms with van der Waals surface area (Å²) in [7, 11) is 2.48. The van der Waals surface area contributed by atoms with Crippen molar-refractivity contribution in [2.75, 3.05) is 25.3 Å². The molecule has 2 heterocycles. The van der Waals surface area contributed by atoms with Gasteiger partial charge in [-0.3, -0.25) is 9.78 Å². The number of thioether (sulfide) groups is 1. The molecule has 0 fully saturated rings. The van der Waals surface area contributed by atoms with Gasteiger partial charge in [-0.15, -0.1) is 10.2 Å². The van der Waals surface area contributed by atoms with E-state index in [1.807, 2.05) is 23.6 Å². The third-order valence-electron chi connectivity index (χ3n) is 4.42. The maximum Gasteiger partial charge on any atom is 0.339 e. The molecule has 1 amide bonds. The van der Waals surface area contributed by atoms with Gasteiger partial charge in [0.15, 0.2) is 11.0 Å². The number of pyridine rings is 1. The lowest BCUT2D eigenvalue weighted by atomic mass is 10.1. The molecule has 0 bridgehead atoms. The summed E-state index contributed by atoms with van der Waals surface area (Å²) >= 11 is 1.20. The Morgan fingerprint density at radius 3 is 2.41 bits per heavy atom. The Labute approximate surface area is 188 Å². The minimum absolute atomic E-state index is 0.0115. The van der Waals surface area contributed by atoms with Crippen LogP contribution in [0, 0.1) is 0 Å². The first-order valence-electron chi connectivity index (χ1n) is 9.55. The second-order valence-corrected chi connectivity index (χ2v) is 7.31. The smallest absolute Gasteiger partial charge is 0.339 e. The molecule has 0 aliphatic carbocycles. The number of esters is 2. The van der Waals surface area contributed by atoms with E-state index in [-0.39, 0.29) is 22.6 Å². The fourth-order valence-electron chi connectivity index (χ4n) is 2.89. The van der Waals surface area contributed by atoms with Crippen molar-refractivity contribution in [3.63, 3.8) is 0 Å². The predicted molar refractivity (Wildman–Crippen MR) is 117 cm³/mol. The van der Waals surface area contributed by atoms with Crippen LogP contribution in [0.25, 0.3) is 11.4 Å². The third kappa shape index (κ3) is 5.11. The van der Waals surface area contributed by atoms with Crippen molar-refractivity contribution in [2.24, 2.45) is 0 Å². The van der Waals surface area contributed by atoms with E-state index in [1.54, 1.807) is 12.4 Å². The lowest BCUT2D eigenvalue weighted by Gasteiger charge is -2.11. The SMILES string of the molecule is CCn1c(SCC(=O)Nc2cc(C(=O)OC)ccc2C(=O)OC)nnc1-c1ccncc1. The van der Waals surface area contributed by atoms with E-state index in [0.717, 1.165) is 5.56 Å². The molecular formula is C21H21N5O5S. The van der Waals surface area contributed by atoms with Gasteiger partial charge in [-0.1, -0.05) is 11.8 Å². The second-order valence-electron chi connectivity index (χ2n) is 6.37. The number of hydrogen-bond donors (Lipinski definition) is 1. The largest absolute Gasteiger partial charge is 0.465 e. The molecule has 0 atom stereocenters. The highest BCUT2D eigenvalue weighted by Gasteiger charge is 2.19. The second kappa shape index (κ2) is 10.5.